The van der Waals surface area contributed by atoms with Crippen LogP contribution >= 0.6 is 0 Å². The van der Waals surface area contributed by atoms with Gasteiger partial charge in [0.25, 0.3) is 5.91 Å². The maximum atomic E-state index is 9.98. The van der Waals surface area contributed by atoms with Gasteiger partial charge in [-0.1, -0.05) is 5.16 Å². The molecule has 0 radical (unpaired) electrons. The van der Waals surface area contributed by atoms with Crippen molar-refractivity contribution in [1.82, 2.24) is 0 Å². The van der Waals surface area contributed by atoms with E-state index in [1.807, 2.05) is 0 Å². The van der Waals surface area contributed by atoms with Gasteiger partial charge in [0.2, 0.25) is 5.84 Å². The molecular weight excluding hydrogens is 110 g/mol. The molecule has 0 aromatic carbocycles. The number of hydrogen-bond acceptors (Lipinski definition) is 3. The van der Waals surface area contributed by atoms with E-state index in [1.165, 1.54) is 7.11 Å². The Bertz CT molecular complexity index is 120. The van der Waals surface area contributed by atoms with Crippen molar-refractivity contribution in [3.05, 3.63) is 0 Å². The van der Waals surface area contributed by atoms with Crippen molar-refractivity contribution in [3.8, 4) is 0 Å². The molecule has 5 heteroatoms. The summed E-state index contributed by atoms with van der Waals surface area (Å²) in [6.07, 6.45) is 0. The van der Waals surface area contributed by atoms with Crippen molar-refractivity contribution in [2.45, 2.75) is 0 Å². The minimum Gasteiger partial charge on any atom is -0.397 e. The van der Waals surface area contributed by atoms with E-state index in [4.69, 9.17) is 5.73 Å². The molecule has 0 saturated carbocycles. The molecule has 0 aliphatic rings. The first-order chi connectivity index (χ1) is 3.68. The Morgan fingerprint density at radius 3 is 2.25 bits per heavy atom. The third kappa shape index (κ3) is 2.01. The summed E-state index contributed by atoms with van der Waals surface area (Å²) in [4.78, 5) is 14.1. The second-order valence-electron chi connectivity index (χ2n) is 1.02. The first-order valence-corrected chi connectivity index (χ1v) is 1.85. The number of hydrogen-bond donors (Lipinski definition) is 2. The van der Waals surface area contributed by atoms with Crippen molar-refractivity contribution in [1.29, 1.82) is 0 Å². The van der Waals surface area contributed by atoms with Crippen LogP contribution in [0, 0.1) is 0 Å². The molecule has 1 amide bonds. The van der Waals surface area contributed by atoms with Crippen molar-refractivity contribution in [2.75, 3.05) is 7.11 Å². The van der Waals surface area contributed by atoms with E-state index in [0.717, 1.165) is 0 Å². The van der Waals surface area contributed by atoms with Crippen LogP contribution in [0.4, 0.5) is 0 Å². The van der Waals surface area contributed by atoms with E-state index >= 15 is 0 Å². The van der Waals surface area contributed by atoms with Gasteiger partial charge in [-0.2, -0.15) is 0 Å². The van der Waals surface area contributed by atoms with E-state index in [1.54, 1.807) is 0 Å². The summed E-state index contributed by atoms with van der Waals surface area (Å²) in [6.45, 7) is 0. The highest BCUT2D eigenvalue weighted by atomic mass is 16.6. The minimum absolute atomic E-state index is 0.326. The number of amides is 1. The molecular formula is C3H7N3O2. The van der Waals surface area contributed by atoms with Gasteiger partial charge in [0.1, 0.15) is 7.11 Å². The lowest BCUT2D eigenvalue weighted by molar-refractivity contribution is -0.112. The summed E-state index contributed by atoms with van der Waals surface area (Å²) in [6, 6.07) is 0. The van der Waals surface area contributed by atoms with E-state index in [0.29, 0.717) is 0 Å². The number of carbonyl (C=O) groups excluding carboxylic acids is 1. The average molecular weight is 117 g/mol. The van der Waals surface area contributed by atoms with Gasteiger partial charge in [-0.05, 0) is 0 Å². The number of primary amides is 1. The fourth-order valence-electron chi connectivity index (χ4n) is 0.143. The van der Waals surface area contributed by atoms with Crippen LogP contribution in [0.5, 0.6) is 0 Å². The third-order valence-corrected chi connectivity index (χ3v) is 0.442. The standard InChI is InChI=1S/C3H7N3O2/c1-8-6-2(4)3(5)7/h1H3,(H2,4,6)(H2,5,7). The van der Waals surface area contributed by atoms with Crippen LogP contribution in [0.15, 0.2) is 5.16 Å². The van der Waals surface area contributed by atoms with Crippen molar-refractivity contribution < 1.29 is 9.63 Å². The van der Waals surface area contributed by atoms with Crippen LogP contribution in [0.3, 0.4) is 0 Å². The topological polar surface area (TPSA) is 90.7 Å². The lowest BCUT2D eigenvalue weighted by Crippen LogP contribution is -2.30. The zero-order valence-electron chi connectivity index (χ0n) is 4.42. The summed E-state index contributed by atoms with van der Waals surface area (Å²) in [5, 5.41) is 3.04. The van der Waals surface area contributed by atoms with Crippen LogP contribution < -0.4 is 11.5 Å². The third-order valence-electron chi connectivity index (χ3n) is 0.442. The first kappa shape index (κ1) is 6.74. The molecule has 0 heterocycles. The summed E-state index contributed by atoms with van der Waals surface area (Å²) >= 11 is 0. The maximum Gasteiger partial charge on any atom is 0.287 e. The van der Waals surface area contributed by atoms with Gasteiger partial charge in [0.15, 0.2) is 0 Å². The van der Waals surface area contributed by atoms with Crippen LogP contribution in [0.2, 0.25) is 0 Å². The Kier molecular flexibility index (Phi) is 2.39. The molecule has 4 N–H and O–H groups in total. The SMILES string of the molecule is CON=C(N)C(N)=O. The highest BCUT2D eigenvalue weighted by Gasteiger charge is 1.97. The molecule has 5 nitrogen and oxygen atoms in total. The van der Waals surface area contributed by atoms with E-state index in [2.05, 4.69) is 15.7 Å². The summed E-state index contributed by atoms with van der Waals surface area (Å²) in [5.74, 6) is -1.11. The van der Waals surface area contributed by atoms with Gasteiger partial charge in [-0.25, -0.2) is 0 Å². The Morgan fingerprint density at radius 1 is 1.62 bits per heavy atom. The van der Waals surface area contributed by atoms with Gasteiger partial charge >= 0.3 is 0 Å². The molecule has 0 spiro atoms. The van der Waals surface area contributed by atoms with Crippen LogP contribution in [0.25, 0.3) is 0 Å². The lowest BCUT2D eigenvalue weighted by Gasteiger charge is -1.88. The monoisotopic (exact) mass is 117 g/mol. The molecule has 46 valence electrons. The van der Waals surface area contributed by atoms with Crippen molar-refractivity contribution >= 4 is 11.7 Å². The van der Waals surface area contributed by atoms with Crippen LogP contribution in [-0.2, 0) is 9.63 Å². The molecule has 0 aromatic rings. The summed E-state index contributed by atoms with van der Waals surface area (Å²) in [5.41, 5.74) is 9.52. The van der Waals surface area contributed by atoms with Gasteiger partial charge in [-0.15, -0.1) is 0 Å². The van der Waals surface area contributed by atoms with Crippen LogP contribution in [-0.4, -0.2) is 18.9 Å². The molecule has 0 bridgehead atoms. The average Bonchev–Trinajstić information content (AvgIpc) is 1.67. The molecule has 0 atom stereocenters. The maximum absolute atomic E-state index is 9.98. The largest absolute Gasteiger partial charge is 0.397 e. The Hall–Kier alpha value is -1.26. The zero-order valence-corrected chi connectivity index (χ0v) is 4.42. The molecule has 0 saturated heterocycles. The molecule has 0 unspecified atom stereocenters. The molecule has 0 rings (SSSR count). The van der Waals surface area contributed by atoms with E-state index in [-0.39, 0.29) is 5.84 Å². The number of nitrogens with two attached hydrogens (primary N) is 2. The predicted octanol–water partition coefficient (Wildman–Crippen LogP) is -1.61. The number of amidine groups is 1. The summed E-state index contributed by atoms with van der Waals surface area (Å²) in [7, 11) is 1.27. The van der Waals surface area contributed by atoms with E-state index < -0.39 is 5.91 Å². The molecule has 0 aliphatic heterocycles. The normalized spacial score (nSPS) is 10.9. The van der Waals surface area contributed by atoms with Gasteiger partial charge in [0, 0.05) is 0 Å². The molecule has 8 heavy (non-hydrogen) atoms. The molecule has 0 aromatic heterocycles. The quantitative estimate of drug-likeness (QED) is 0.246. The first-order valence-electron chi connectivity index (χ1n) is 1.85. The van der Waals surface area contributed by atoms with Gasteiger partial charge in [-0.3, -0.25) is 4.79 Å². The predicted molar refractivity (Wildman–Crippen MR) is 27.8 cm³/mol. The van der Waals surface area contributed by atoms with Crippen LogP contribution in [0.1, 0.15) is 0 Å². The number of nitrogens with zero attached hydrogens (tertiary/aromatic N) is 1. The number of oxime groups is 1. The minimum atomic E-state index is -0.785. The number of rotatable bonds is 1. The van der Waals surface area contributed by atoms with E-state index in [9.17, 15) is 4.79 Å². The Balaban J connectivity index is 3.80. The zero-order chi connectivity index (χ0) is 6.57. The smallest absolute Gasteiger partial charge is 0.287 e. The van der Waals surface area contributed by atoms with Crippen molar-refractivity contribution in [2.24, 2.45) is 16.6 Å². The Morgan fingerprint density at radius 2 is 2.12 bits per heavy atom. The Labute approximate surface area is 46.3 Å². The fourth-order valence-corrected chi connectivity index (χ4v) is 0.143. The second-order valence-corrected chi connectivity index (χ2v) is 1.02. The molecule has 0 fully saturated rings. The fraction of sp³-hybridized carbons (Fsp3) is 0.333. The highest BCUT2D eigenvalue weighted by Crippen LogP contribution is 1.66. The lowest BCUT2D eigenvalue weighted by atomic mass is 10.6. The van der Waals surface area contributed by atoms with Gasteiger partial charge in [0.05, 0.1) is 0 Å². The molecule has 0 aliphatic carbocycles. The number of carbonyl (C=O) groups is 1. The van der Waals surface area contributed by atoms with Gasteiger partial charge < -0.3 is 16.3 Å². The second kappa shape index (κ2) is 2.84. The summed E-state index contributed by atoms with van der Waals surface area (Å²) < 4.78 is 0. The van der Waals surface area contributed by atoms with Crippen molar-refractivity contribution in [3.63, 3.8) is 0 Å². The highest BCUT2D eigenvalue weighted by molar-refractivity contribution is 6.36.